The normalized spacial score (nSPS) is 18.4. The van der Waals surface area contributed by atoms with E-state index in [0.29, 0.717) is 5.52 Å². The summed E-state index contributed by atoms with van der Waals surface area (Å²) in [6.07, 6.45) is 0. The van der Waals surface area contributed by atoms with Gasteiger partial charge in [-0.1, -0.05) is 5.21 Å². The van der Waals surface area contributed by atoms with Gasteiger partial charge in [0.1, 0.15) is 28.5 Å². The fraction of sp³-hybridized carbons (Fsp3) is 0.300. The Morgan fingerprint density at radius 2 is 2.17 bits per heavy atom. The van der Waals surface area contributed by atoms with Crippen LogP contribution in [0, 0.1) is 17.1 Å². The van der Waals surface area contributed by atoms with Gasteiger partial charge in [-0.05, 0) is 12.1 Å². The van der Waals surface area contributed by atoms with Gasteiger partial charge in [-0.15, -0.1) is 5.10 Å². The minimum Gasteiger partial charge on any atom is -0.238 e. The SMILES string of the molecule is N#Cc1c(F)ccc2nnn(C3CS(=O)(=O)C3)c12. The molecule has 1 fully saturated rings. The van der Waals surface area contributed by atoms with Gasteiger partial charge in [0, 0.05) is 0 Å². The van der Waals surface area contributed by atoms with E-state index >= 15 is 0 Å². The van der Waals surface area contributed by atoms with Crippen molar-refractivity contribution in [3.63, 3.8) is 0 Å². The van der Waals surface area contributed by atoms with E-state index in [1.165, 1.54) is 10.7 Å². The zero-order valence-corrected chi connectivity index (χ0v) is 9.85. The quantitative estimate of drug-likeness (QED) is 0.746. The number of rotatable bonds is 1. The first-order chi connectivity index (χ1) is 8.52. The van der Waals surface area contributed by atoms with E-state index in [2.05, 4.69) is 10.3 Å². The van der Waals surface area contributed by atoms with Gasteiger partial charge in [-0.25, -0.2) is 17.5 Å². The van der Waals surface area contributed by atoms with Crippen LogP contribution in [0.4, 0.5) is 4.39 Å². The molecule has 92 valence electrons. The Hall–Kier alpha value is -2.01. The summed E-state index contributed by atoms with van der Waals surface area (Å²) < 4.78 is 37.1. The second-order valence-corrected chi connectivity index (χ2v) is 6.32. The lowest BCUT2D eigenvalue weighted by Crippen LogP contribution is -2.38. The molecule has 6 nitrogen and oxygen atoms in total. The van der Waals surface area contributed by atoms with Crippen molar-refractivity contribution in [2.45, 2.75) is 6.04 Å². The Morgan fingerprint density at radius 1 is 1.44 bits per heavy atom. The van der Waals surface area contributed by atoms with Crippen molar-refractivity contribution in [1.29, 1.82) is 5.26 Å². The predicted octanol–water partition coefficient (Wildman–Crippen LogP) is 0.412. The third kappa shape index (κ3) is 1.48. The Bertz CT molecular complexity index is 778. The number of hydrogen-bond donors (Lipinski definition) is 0. The van der Waals surface area contributed by atoms with E-state index in [-0.39, 0.29) is 28.6 Å². The van der Waals surface area contributed by atoms with Crippen molar-refractivity contribution in [1.82, 2.24) is 15.0 Å². The first kappa shape index (κ1) is 11.1. The molecular formula is C10H7FN4O2S. The molecule has 2 heterocycles. The van der Waals surface area contributed by atoms with Crippen molar-refractivity contribution < 1.29 is 12.8 Å². The van der Waals surface area contributed by atoms with E-state index in [0.717, 1.165) is 6.07 Å². The summed E-state index contributed by atoms with van der Waals surface area (Å²) in [6, 6.07) is 3.97. The van der Waals surface area contributed by atoms with Gasteiger partial charge in [0.15, 0.2) is 9.84 Å². The number of nitriles is 1. The molecule has 8 heteroatoms. The van der Waals surface area contributed by atoms with Crippen LogP contribution in [-0.2, 0) is 9.84 Å². The summed E-state index contributed by atoms with van der Waals surface area (Å²) >= 11 is 0. The van der Waals surface area contributed by atoms with E-state index in [1.807, 2.05) is 0 Å². The summed E-state index contributed by atoms with van der Waals surface area (Å²) in [7, 11) is -3.02. The molecule has 1 aromatic heterocycles. The molecule has 0 bridgehead atoms. The average molecular weight is 266 g/mol. The molecule has 0 unspecified atom stereocenters. The second-order valence-electron chi connectivity index (χ2n) is 4.17. The third-order valence-corrected chi connectivity index (χ3v) is 4.72. The van der Waals surface area contributed by atoms with Crippen molar-refractivity contribution in [2.24, 2.45) is 0 Å². The number of aromatic nitrogens is 3. The lowest BCUT2D eigenvalue weighted by Gasteiger charge is -2.25. The summed E-state index contributed by atoms with van der Waals surface area (Å²) in [5.41, 5.74) is 0.497. The van der Waals surface area contributed by atoms with Crippen LogP contribution in [0.25, 0.3) is 11.0 Å². The molecule has 1 saturated heterocycles. The fourth-order valence-corrected chi connectivity index (χ4v) is 3.41. The average Bonchev–Trinajstić information content (AvgIpc) is 2.69. The Morgan fingerprint density at radius 3 is 2.78 bits per heavy atom. The second kappa shape index (κ2) is 3.49. The monoisotopic (exact) mass is 266 g/mol. The van der Waals surface area contributed by atoms with Crippen molar-refractivity contribution in [2.75, 3.05) is 11.5 Å². The Labute approximate surface area is 102 Å². The van der Waals surface area contributed by atoms with Crippen LogP contribution >= 0.6 is 0 Å². The summed E-state index contributed by atoms with van der Waals surface area (Å²) in [5.74, 6) is -0.754. The molecular weight excluding hydrogens is 259 g/mol. The molecule has 0 N–H and O–H groups in total. The zero-order chi connectivity index (χ0) is 12.9. The van der Waals surface area contributed by atoms with Gasteiger partial charge in [-0.2, -0.15) is 5.26 Å². The lowest BCUT2D eigenvalue weighted by molar-refractivity contribution is 0.473. The highest BCUT2D eigenvalue weighted by Gasteiger charge is 2.37. The van der Waals surface area contributed by atoms with Crippen molar-refractivity contribution in [3.8, 4) is 6.07 Å². The van der Waals surface area contributed by atoms with Gasteiger partial charge in [0.2, 0.25) is 0 Å². The highest BCUT2D eigenvalue weighted by atomic mass is 32.2. The zero-order valence-electron chi connectivity index (χ0n) is 9.04. The Balaban J connectivity index is 2.20. The molecule has 1 aliphatic heterocycles. The summed E-state index contributed by atoms with van der Waals surface area (Å²) in [6.45, 7) is 0. The van der Waals surface area contributed by atoms with E-state index in [1.54, 1.807) is 6.07 Å². The largest absolute Gasteiger partial charge is 0.238 e. The maximum absolute atomic E-state index is 13.5. The van der Waals surface area contributed by atoms with Crippen molar-refractivity contribution >= 4 is 20.9 Å². The van der Waals surface area contributed by atoms with Crippen molar-refractivity contribution in [3.05, 3.63) is 23.5 Å². The first-order valence-electron chi connectivity index (χ1n) is 5.16. The molecule has 0 spiro atoms. The van der Waals surface area contributed by atoms with Gasteiger partial charge < -0.3 is 0 Å². The standard InChI is InChI=1S/C10H7FN4O2S/c11-8-1-2-9-10(7(8)3-12)15(14-13-9)6-4-18(16,17)5-6/h1-2,6H,4-5H2. The van der Waals surface area contributed by atoms with Crippen LogP contribution in [0.15, 0.2) is 12.1 Å². The van der Waals surface area contributed by atoms with Gasteiger partial charge in [-0.3, -0.25) is 0 Å². The van der Waals surface area contributed by atoms with Gasteiger partial charge >= 0.3 is 0 Å². The Kier molecular flexibility index (Phi) is 2.15. The molecule has 0 aliphatic carbocycles. The maximum atomic E-state index is 13.5. The van der Waals surface area contributed by atoms with Crippen LogP contribution in [0.3, 0.4) is 0 Å². The number of nitrogens with zero attached hydrogens (tertiary/aromatic N) is 4. The molecule has 3 rings (SSSR count). The molecule has 1 aromatic carbocycles. The van der Waals surface area contributed by atoms with E-state index in [4.69, 9.17) is 5.26 Å². The number of hydrogen-bond acceptors (Lipinski definition) is 5. The van der Waals surface area contributed by atoms with Crippen LogP contribution in [-0.4, -0.2) is 34.9 Å². The van der Waals surface area contributed by atoms with Gasteiger partial charge in [0.25, 0.3) is 0 Å². The first-order valence-corrected chi connectivity index (χ1v) is 6.98. The number of sulfone groups is 1. The predicted molar refractivity (Wildman–Crippen MR) is 59.9 cm³/mol. The lowest BCUT2D eigenvalue weighted by atomic mass is 10.2. The molecule has 0 saturated carbocycles. The topological polar surface area (TPSA) is 88.6 Å². The molecule has 0 radical (unpaired) electrons. The molecule has 0 atom stereocenters. The number of fused-ring (bicyclic) bond motifs is 1. The maximum Gasteiger partial charge on any atom is 0.154 e. The van der Waals surface area contributed by atoms with Crippen LogP contribution in [0.1, 0.15) is 11.6 Å². The summed E-state index contributed by atoms with van der Waals surface area (Å²) in [4.78, 5) is 0. The molecule has 1 aliphatic rings. The minimum atomic E-state index is -3.02. The van der Waals surface area contributed by atoms with Gasteiger partial charge in [0.05, 0.1) is 17.5 Å². The van der Waals surface area contributed by atoms with Crippen LogP contribution < -0.4 is 0 Å². The molecule has 0 amide bonds. The molecule has 18 heavy (non-hydrogen) atoms. The third-order valence-electron chi connectivity index (χ3n) is 2.93. The van der Waals surface area contributed by atoms with Crippen LogP contribution in [0.5, 0.6) is 0 Å². The van der Waals surface area contributed by atoms with E-state index in [9.17, 15) is 12.8 Å². The number of halogens is 1. The highest BCUT2D eigenvalue weighted by Crippen LogP contribution is 2.28. The number of benzene rings is 1. The minimum absolute atomic E-state index is 0.0488. The fourth-order valence-electron chi connectivity index (χ4n) is 2.05. The highest BCUT2D eigenvalue weighted by molar-refractivity contribution is 7.92. The van der Waals surface area contributed by atoms with Crippen LogP contribution in [0.2, 0.25) is 0 Å². The smallest absolute Gasteiger partial charge is 0.154 e. The van der Waals surface area contributed by atoms with E-state index < -0.39 is 15.7 Å². The summed E-state index contributed by atoms with van der Waals surface area (Å²) in [5, 5.41) is 16.6. The molecule has 2 aromatic rings.